The van der Waals surface area contributed by atoms with Crippen molar-refractivity contribution in [1.29, 1.82) is 0 Å². The van der Waals surface area contributed by atoms with Crippen molar-refractivity contribution in [1.82, 2.24) is 5.32 Å². The van der Waals surface area contributed by atoms with Crippen LogP contribution >= 0.6 is 11.9 Å². The van der Waals surface area contributed by atoms with E-state index in [1.54, 1.807) is 12.1 Å². The van der Waals surface area contributed by atoms with Crippen molar-refractivity contribution >= 4 is 23.6 Å². The number of benzene rings is 1. The summed E-state index contributed by atoms with van der Waals surface area (Å²) >= 11 is 1.25. The molecule has 0 aliphatic carbocycles. The third kappa shape index (κ3) is 2.30. The molecule has 1 heterocycles. The lowest BCUT2D eigenvalue weighted by Gasteiger charge is -2.17. The Bertz CT molecular complexity index is 417. The van der Waals surface area contributed by atoms with Gasteiger partial charge in [0.25, 0.3) is 0 Å². The van der Waals surface area contributed by atoms with E-state index in [0.29, 0.717) is 12.5 Å². The number of nitrogens with zero attached hydrogens (tertiary/aromatic N) is 1. The fourth-order valence-electron chi connectivity index (χ4n) is 1.17. The van der Waals surface area contributed by atoms with Crippen LogP contribution in [0.15, 0.2) is 40.1 Å². The zero-order chi connectivity index (χ0) is 10.7. The number of nitrogens with one attached hydrogen (secondary N) is 2. The van der Waals surface area contributed by atoms with E-state index in [4.69, 9.17) is 0 Å². The summed E-state index contributed by atoms with van der Waals surface area (Å²) in [7, 11) is 0. The summed E-state index contributed by atoms with van der Waals surface area (Å²) in [6, 6.07) is 4.57. The second-order valence-electron chi connectivity index (χ2n) is 2.97. The van der Waals surface area contributed by atoms with Gasteiger partial charge >= 0.3 is 0 Å². The average Bonchev–Trinajstić information content (AvgIpc) is 2.26. The Hall–Kier alpha value is -1.49. The van der Waals surface area contributed by atoms with Gasteiger partial charge < -0.3 is 10.6 Å². The summed E-state index contributed by atoms with van der Waals surface area (Å²) in [4.78, 5) is 0.791. The zero-order valence-corrected chi connectivity index (χ0v) is 8.77. The molecule has 5 heteroatoms. The van der Waals surface area contributed by atoms with Gasteiger partial charge in [-0.3, -0.25) is 0 Å². The molecule has 0 saturated carbocycles. The van der Waals surface area contributed by atoms with Crippen LogP contribution in [0.1, 0.15) is 0 Å². The minimum Gasteiger partial charge on any atom is -0.352 e. The summed E-state index contributed by atoms with van der Waals surface area (Å²) in [5.74, 6) is 0.416. The first-order valence-electron chi connectivity index (χ1n) is 4.46. The minimum absolute atomic E-state index is 0.249. The minimum atomic E-state index is -0.249. The molecule has 0 fully saturated rings. The van der Waals surface area contributed by atoms with Gasteiger partial charge in [-0.1, -0.05) is 6.08 Å². The summed E-state index contributed by atoms with van der Waals surface area (Å²) in [6.45, 7) is 4.24. The molecule has 1 aromatic carbocycles. The third-order valence-corrected chi connectivity index (χ3v) is 2.65. The highest BCUT2D eigenvalue weighted by Crippen LogP contribution is 2.31. The van der Waals surface area contributed by atoms with Gasteiger partial charge in [0.1, 0.15) is 5.82 Å². The van der Waals surface area contributed by atoms with Crippen molar-refractivity contribution in [2.45, 2.75) is 4.90 Å². The molecule has 1 aliphatic heterocycles. The Labute approximate surface area is 91.6 Å². The summed E-state index contributed by atoms with van der Waals surface area (Å²) in [5, 5.41) is 6.10. The first-order valence-corrected chi connectivity index (χ1v) is 5.23. The van der Waals surface area contributed by atoms with E-state index in [9.17, 15) is 4.39 Å². The predicted octanol–water partition coefficient (Wildman–Crippen LogP) is 2.39. The molecule has 0 spiro atoms. The maximum absolute atomic E-state index is 12.9. The second-order valence-corrected chi connectivity index (χ2v) is 3.77. The van der Waals surface area contributed by atoms with Crippen molar-refractivity contribution in [2.75, 3.05) is 11.9 Å². The molecule has 1 aliphatic rings. The highest BCUT2D eigenvalue weighted by Gasteiger charge is 2.12. The molecular formula is C10H10FN3S. The van der Waals surface area contributed by atoms with E-state index in [2.05, 4.69) is 21.6 Å². The smallest absolute Gasteiger partial charge is 0.208 e. The van der Waals surface area contributed by atoms with Crippen molar-refractivity contribution in [3.63, 3.8) is 0 Å². The Kier molecular flexibility index (Phi) is 2.91. The fourth-order valence-corrected chi connectivity index (χ4v) is 1.85. The van der Waals surface area contributed by atoms with Gasteiger partial charge in [-0.15, -0.1) is 6.58 Å². The van der Waals surface area contributed by atoms with Crippen LogP contribution in [0.25, 0.3) is 0 Å². The summed E-state index contributed by atoms with van der Waals surface area (Å²) < 4.78 is 17.0. The van der Waals surface area contributed by atoms with Gasteiger partial charge in [0.15, 0.2) is 0 Å². The third-order valence-electron chi connectivity index (χ3n) is 1.85. The van der Waals surface area contributed by atoms with Crippen LogP contribution < -0.4 is 10.6 Å². The molecule has 0 saturated heterocycles. The Morgan fingerprint density at radius 2 is 2.47 bits per heavy atom. The molecule has 0 radical (unpaired) electrons. The Morgan fingerprint density at radius 1 is 1.60 bits per heavy atom. The number of halogens is 1. The zero-order valence-electron chi connectivity index (χ0n) is 7.96. The van der Waals surface area contributed by atoms with Gasteiger partial charge in [0.2, 0.25) is 5.96 Å². The molecule has 0 unspecified atom stereocenters. The molecule has 0 bridgehead atoms. The second kappa shape index (κ2) is 4.35. The SMILES string of the molecule is C=CCNC1=NSc2cc(F)ccc2N1. The van der Waals surface area contributed by atoms with E-state index in [1.807, 2.05) is 0 Å². The molecule has 0 aromatic heterocycles. The summed E-state index contributed by atoms with van der Waals surface area (Å²) in [6.07, 6.45) is 1.75. The first-order chi connectivity index (χ1) is 7.29. The Morgan fingerprint density at radius 3 is 3.27 bits per heavy atom. The largest absolute Gasteiger partial charge is 0.352 e. The van der Waals surface area contributed by atoms with E-state index >= 15 is 0 Å². The van der Waals surface area contributed by atoms with Gasteiger partial charge in [0.05, 0.1) is 10.6 Å². The number of rotatable bonds is 2. The number of guanidine groups is 1. The van der Waals surface area contributed by atoms with E-state index in [-0.39, 0.29) is 5.82 Å². The quantitative estimate of drug-likeness (QED) is 0.597. The van der Waals surface area contributed by atoms with E-state index in [0.717, 1.165) is 10.6 Å². The van der Waals surface area contributed by atoms with E-state index < -0.39 is 0 Å². The van der Waals surface area contributed by atoms with Crippen LogP contribution in [-0.2, 0) is 0 Å². The molecule has 0 amide bonds. The van der Waals surface area contributed by atoms with Gasteiger partial charge in [-0.05, 0) is 18.2 Å². The first kappa shape index (κ1) is 10.0. The number of anilines is 1. The lowest BCUT2D eigenvalue weighted by atomic mass is 10.3. The van der Waals surface area contributed by atoms with Crippen LogP contribution in [0.5, 0.6) is 0 Å². The fraction of sp³-hybridized carbons (Fsp3) is 0.100. The standard InChI is InChI=1S/C10H10FN3S/c1-2-5-12-10-13-8-4-3-7(11)6-9(8)15-14-10/h2-4,6H,1,5H2,(H2,12,13,14). The maximum Gasteiger partial charge on any atom is 0.208 e. The Balaban J connectivity index is 2.12. The monoisotopic (exact) mass is 223 g/mol. The molecule has 2 N–H and O–H groups in total. The molecule has 2 rings (SSSR count). The van der Waals surface area contributed by atoms with Crippen molar-refractivity contribution in [3.8, 4) is 0 Å². The highest BCUT2D eigenvalue weighted by atomic mass is 32.2. The van der Waals surface area contributed by atoms with E-state index in [1.165, 1.54) is 24.1 Å². The number of hydrogen-bond donors (Lipinski definition) is 2. The average molecular weight is 223 g/mol. The number of fused-ring (bicyclic) bond motifs is 1. The summed E-state index contributed by atoms with van der Waals surface area (Å²) in [5.41, 5.74) is 0.864. The van der Waals surface area contributed by atoms with Crippen molar-refractivity contribution < 1.29 is 4.39 Å². The molecule has 3 nitrogen and oxygen atoms in total. The molecule has 15 heavy (non-hydrogen) atoms. The lowest BCUT2D eigenvalue weighted by Crippen LogP contribution is -2.31. The molecule has 78 valence electrons. The molecule has 0 atom stereocenters. The topological polar surface area (TPSA) is 36.4 Å². The van der Waals surface area contributed by atoms with Crippen molar-refractivity contribution in [2.24, 2.45) is 4.40 Å². The molecule has 1 aromatic rings. The molecular weight excluding hydrogens is 213 g/mol. The van der Waals surface area contributed by atoms with Gasteiger partial charge in [-0.25, -0.2) is 4.39 Å². The normalized spacial score (nSPS) is 13.5. The van der Waals surface area contributed by atoms with Crippen LogP contribution in [-0.4, -0.2) is 12.5 Å². The van der Waals surface area contributed by atoms with Gasteiger partial charge in [0, 0.05) is 18.5 Å². The van der Waals surface area contributed by atoms with Crippen molar-refractivity contribution in [3.05, 3.63) is 36.7 Å². The van der Waals surface area contributed by atoms with Crippen LogP contribution in [0, 0.1) is 5.82 Å². The highest BCUT2D eigenvalue weighted by molar-refractivity contribution is 7.98. The number of hydrogen-bond acceptors (Lipinski definition) is 4. The van der Waals surface area contributed by atoms with Crippen LogP contribution in [0.3, 0.4) is 0 Å². The van der Waals surface area contributed by atoms with Crippen LogP contribution in [0.2, 0.25) is 0 Å². The predicted molar refractivity (Wildman–Crippen MR) is 61.5 cm³/mol. The van der Waals surface area contributed by atoms with Crippen LogP contribution in [0.4, 0.5) is 10.1 Å². The lowest BCUT2D eigenvalue weighted by molar-refractivity contribution is 0.624. The van der Waals surface area contributed by atoms with Gasteiger partial charge in [-0.2, -0.15) is 4.40 Å². The maximum atomic E-state index is 12.9.